The topological polar surface area (TPSA) is 114 Å². The Morgan fingerprint density at radius 1 is 0.950 bits per heavy atom. The van der Waals surface area contributed by atoms with E-state index >= 15 is 0 Å². The molecule has 0 unspecified atom stereocenters. The van der Waals surface area contributed by atoms with Crippen LogP contribution >= 0.6 is 0 Å². The highest BCUT2D eigenvalue weighted by atomic mass is 16.4. The van der Waals surface area contributed by atoms with Crippen molar-refractivity contribution in [2.45, 2.75) is 6.92 Å². The van der Waals surface area contributed by atoms with Gasteiger partial charge in [0.15, 0.2) is 0 Å². The minimum Gasteiger partial charge on any atom is -0.478 e. The third-order valence-electron chi connectivity index (χ3n) is 7.38. The van der Waals surface area contributed by atoms with Gasteiger partial charge in [-0.1, -0.05) is 30.3 Å². The minimum atomic E-state index is -1.04. The smallest absolute Gasteiger partial charge is 0.336 e. The number of benzene rings is 3. The molecule has 2 heterocycles. The van der Waals surface area contributed by atoms with E-state index in [0.29, 0.717) is 45.9 Å². The van der Waals surface area contributed by atoms with Gasteiger partial charge in [0.05, 0.1) is 22.5 Å². The first-order valence-corrected chi connectivity index (χ1v) is 13.4. The fourth-order valence-electron chi connectivity index (χ4n) is 5.04. The number of nitrogens with one attached hydrogen (secondary N) is 3. The van der Waals surface area contributed by atoms with Gasteiger partial charge in [0, 0.05) is 56.1 Å². The maximum Gasteiger partial charge on any atom is 0.336 e. The lowest BCUT2D eigenvalue weighted by molar-refractivity contribution is -0.110. The predicted octanol–water partition coefficient (Wildman–Crippen LogP) is 3.60. The van der Waals surface area contributed by atoms with Gasteiger partial charge < -0.3 is 26.0 Å². The second-order valence-corrected chi connectivity index (χ2v) is 10.2. The number of hydrogen-bond acceptors (Lipinski definition) is 6. The number of rotatable bonds is 8. The van der Waals surface area contributed by atoms with Crippen molar-refractivity contribution in [1.82, 2.24) is 15.1 Å². The quantitative estimate of drug-likeness (QED) is 0.324. The van der Waals surface area contributed by atoms with Crippen LogP contribution in [-0.2, 0) is 4.79 Å². The molecule has 206 valence electrons. The van der Waals surface area contributed by atoms with Crippen LogP contribution in [0.4, 0.5) is 11.4 Å². The van der Waals surface area contributed by atoms with Crippen LogP contribution in [0.5, 0.6) is 0 Å². The number of amides is 2. The summed E-state index contributed by atoms with van der Waals surface area (Å²) < 4.78 is 0. The van der Waals surface area contributed by atoms with E-state index < -0.39 is 5.97 Å². The number of nitrogens with zero attached hydrogens (tertiary/aromatic N) is 2. The number of aromatic carboxylic acids is 1. The van der Waals surface area contributed by atoms with Crippen molar-refractivity contribution in [3.8, 4) is 0 Å². The van der Waals surface area contributed by atoms with E-state index in [0.717, 1.165) is 38.3 Å². The fraction of sp³-hybridized carbons (Fsp3) is 0.258. The molecule has 5 rings (SSSR count). The van der Waals surface area contributed by atoms with Crippen molar-refractivity contribution in [3.05, 3.63) is 94.5 Å². The van der Waals surface area contributed by atoms with Crippen molar-refractivity contribution in [2.24, 2.45) is 0 Å². The van der Waals surface area contributed by atoms with Crippen LogP contribution in [0.1, 0.15) is 37.4 Å². The van der Waals surface area contributed by atoms with Crippen LogP contribution in [0.25, 0.3) is 11.3 Å². The summed E-state index contributed by atoms with van der Waals surface area (Å²) in [5.74, 6) is -1.49. The average Bonchev–Trinajstić information content (AvgIpc) is 3.27. The molecular formula is C31H33N5O4. The molecule has 0 aliphatic carbocycles. The van der Waals surface area contributed by atoms with Crippen LogP contribution in [0.2, 0.25) is 0 Å². The SMILES string of the molecule is Cc1cc2c(cc1C(=O)O)NC(=O)C2=C(Nc1ccc(C(=O)NCCN2CCN(C)CC2)cc1)c1ccccc1. The Bertz CT molecular complexity index is 1460. The molecule has 40 heavy (non-hydrogen) atoms. The molecule has 9 nitrogen and oxygen atoms in total. The number of hydrogen-bond donors (Lipinski definition) is 4. The second-order valence-electron chi connectivity index (χ2n) is 10.2. The number of piperazine rings is 1. The van der Waals surface area contributed by atoms with Gasteiger partial charge in [0.1, 0.15) is 0 Å². The standard InChI is InChI=1S/C31H33N5O4/c1-20-18-25-26(19-24(20)31(39)40)34-30(38)27(25)28(21-6-4-3-5-7-21)33-23-10-8-22(9-11-23)29(37)32-12-13-36-16-14-35(2)15-17-36/h3-11,18-19,33H,12-17H2,1-2H3,(H,32,37)(H,34,38)(H,39,40). The molecule has 0 saturated carbocycles. The number of carboxylic acid groups (broad SMARTS) is 1. The largest absolute Gasteiger partial charge is 0.478 e. The van der Waals surface area contributed by atoms with E-state index in [1.165, 1.54) is 6.07 Å². The third kappa shape index (κ3) is 5.90. The molecule has 9 heteroatoms. The zero-order valence-corrected chi connectivity index (χ0v) is 22.7. The first-order valence-electron chi connectivity index (χ1n) is 13.4. The van der Waals surface area contributed by atoms with Gasteiger partial charge in [-0.3, -0.25) is 14.5 Å². The number of anilines is 2. The van der Waals surface area contributed by atoms with Crippen LogP contribution in [0, 0.1) is 6.92 Å². The lowest BCUT2D eigenvalue weighted by atomic mass is 9.96. The monoisotopic (exact) mass is 539 g/mol. The van der Waals surface area contributed by atoms with Gasteiger partial charge in [-0.25, -0.2) is 4.79 Å². The highest BCUT2D eigenvalue weighted by Crippen LogP contribution is 2.39. The molecule has 3 aromatic rings. The van der Waals surface area contributed by atoms with E-state index in [9.17, 15) is 19.5 Å². The molecule has 0 spiro atoms. The molecular weight excluding hydrogens is 506 g/mol. The summed E-state index contributed by atoms with van der Waals surface area (Å²) >= 11 is 0. The Hall–Kier alpha value is -4.47. The van der Waals surface area contributed by atoms with E-state index in [1.54, 1.807) is 25.1 Å². The molecule has 3 aromatic carbocycles. The highest BCUT2D eigenvalue weighted by Gasteiger charge is 2.30. The molecule has 2 aliphatic heterocycles. The van der Waals surface area contributed by atoms with Crippen molar-refractivity contribution < 1.29 is 19.5 Å². The van der Waals surface area contributed by atoms with Gasteiger partial charge in [0.2, 0.25) is 0 Å². The molecule has 1 fully saturated rings. The Morgan fingerprint density at radius 3 is 2.33 bits per heavy atom. The van der Waals surface area contributed by atoms with E-state index in [-0.39, 0.29) is 17.4 Å². The zero-order valence-electron chi connectivity index (χ0n) is 22.7. The van der Waals surface area contributed by atoms with Gasteiger partial charge in [0.25, 0.3) is 11.8 Å². The minimum absolute atomic E-state index is 0.129. The Morgan fingerprint density at radius 2 is 1.65 bits per heavy atom. The van der Waals surface area contributed by atoms with E-state index in [1.807, 2.05) is 42.5 Å². The highest BCUT2D eigenvalue weighted by molar-refractivity contribution is 6.37. The van der Waals surface area contributed by atoms with Crippen molar-refractivity contribution in [1.29, 1.82) is 0 Å². The summed E-state index contributed by atoms with van der Waals surface area (Å²) in [5, 5.41) is 18.7. The first-order chi connectivity index (χ1) is 19.3. The number of carbonyl (C=O) groups excluding carboxylic acids is 2. The summed E-state index contributed by atoms with van der Waals surface area (Å²) in [4.78, 5) is 42.2. The lowest BCUT2D eigenvalue weighted by Gasteiger charge is -2.32. The molecule has 2 aliphatic rings. The van der Waals surface area contributed by atoms with Crippen molar-refractivity contribution in [3.63, 3.8) is 0 Å². The summed E-state index contributed by atoms with van der Waals surface area (Å²) in [6.07, 6.45) is 0. The Labute approximate surface area is 233 Å². The maximum absolute atomic E-state index is 13.2. The summed E-state index contributed by atoms with van der Waals surface area (Å²) in [6.45, 7) is 7.23. The van der Waals surface area contributed by atoms with E-state index in [2.05, 4.69) is 32.8 Å². The van der Waals surface area contributed by atoms with Crippen LogP contribution < -0.4 is 16.0 Å². The number of carbonyl (C=O) groups is 3. The second kappa shape index (κ2) is 11.7. The van der Waals surface area contributed by atoms with Crippen LogP contribution in [0.15, 0.2) is 66.7 Å². The summed E-state index contributed by atoms with van der Waals surface area (Å²) in [6, 6.07) is 19.8. The fourth-order valence-corrected chi connectivity index (χ4v) is 5.04. The molecule has 4 N–H and O–H groups in total. The van der Waals surface area contributed by atoms with Crippen LogP contribution in [0.3, 0.4) is 0 Å². The molecule has 0 atom stereocenters. The number of aryl methyl sites for hydroxylation is 1. The van der Waals surface area contributed by atoms with Crippen LogP contribution in [-0.4, -0.2) is 79.0 Å². The normalized spacial score (nSPS) is 16.7. The zero-order chi connectivity index (χ0) is 28.2. The summed E-state index contributed by atoms with van der Waals surface area (Å²) in [5.41, 5.74) is 4.88. The van der Waals surface area contributed by atoms with Gasteiger partial charge in [-0.05, 0) is 61.5 Å². The first kappa shape index (κ1) is 27.1. The number of likely N-dealkylation sites (N-methyl/N-ethyl adjacent to an activating group) is 1. The Kier molecular flexibility index (Phi) is 7.95. The average molecular weight is 540 g/mol. The molecule has 1 saturated heterocycles. The number of carboxylic acids is 1. The molecule has 2 amide bonds. The lowest BCUT2D eigenvalue weighted by Crippen LogP contribution is -2.46. The third-order valence-corrected chi connectivity index (χ3v) is 7.38. The Balaban J connectivity index is 1.36. The van der Waals surface area contributed by atoms with E-state index in [4.69, 9.17) is 0 Å². The number of fused-ring (bicyclic) bond motifs is 1. The molecule has 0 radical (unpaired) electrons. The molecule has 0 aromatic heterocycles. The van der Waals surface area contributed by atoms with Gasteiger partial charge in [-0.15, -0.1) is 0 Å². The summed E-state index contributed by atoms with van der Waals surface area (Å²) in [7, 11) is 2.12. The van der Waals surface area contributed by atoms with Gasteiger partial charge >= 0.3 is 5.97 Å². The van der Waals surface area contributed by atoms with Gasteiger partial charge in [-0.2, -0.15) is 0 Å². The predicted molar refractivity (Wildman–Crippen MR) is 156 cm³/mol. The molecule has 0 bridgehead atoms. The maximum atomic E-state index is 13.2. The van der Waals surface area contributed by atoms with Crippen molar-refractivity contribution in [2.75, 3.05) is 56.9 Å². The van der Waals surface area contributed by atoms with Crippen molar-refractivity contribution >= 4 is 40.4 Å².